The van der Waals surface area contributed by atoms with E-state index in [9.17, 15) is 4.79 Å². The summed E-state index contributed by atoms with van der Waals surface area (Å²) in [5.74, 6) is 0. The number of ether oxygens (including phenoxy) is 3. The highest BCUT2D eigenvalue weighted by molar-refractivity contribution is 5.42. The molecule has 1 aliphatic rings. The van der Waals surface area contributed by atoms with Gasteiger partial charge in [-0.3, -0.25) is 4.79 Å². The number of nitrogens with zero attached hydrogens (tertiary/aromatic N) is 1. The van der Waals surface area contributed by atoms with Crippen LogP contribution in [0.3, 0.4) is 0 Å². The first-order valence-corrected chi connectivity index (χ1v) is 7.30. The number of methoxy groups -OCH3 is 2. The molecule has 2 rings (SSSR count). The van der Waals surface area contributed by atoms with Crippen LogP contribution in [-0.2, 0) is 20.8 Å². The normalized spacial score (nSPS) is 24.6. The molecule has 1 aromatic rings. The largest absolute Gasteiger partial charge is 0.383 e. The van der Waals surface area contributed by atoms with Crippen molar-refractivity contribution < 1.29 is 14.2 Å². The van der Waals surface area contributed by atoms with Crippen molar-refractivity contribution in [1.29, 1.82) is 0 Å². The van der Waals surface area contributed by atoms with Crippen molar-refractivity contribution in [3.8, 4) is 0 Å². The van der Waals surface area contributed by atoms with E-state index in [2.05, 4.69) is 5.32 Å². The summed E-state index contributed by atoms with van der Waals surface area (Å²) in [5, 5.41) is 3.41. The molecule has 0 aromatic carbocycles. The van der Waals surface area contributed by atoms with Crippen LogP contribution in [0.2, 0.25) is 0 Å². The Balaban J connectivity index is 1.98. The highest BCUT2D eigenvalue weighted by Gasteiger charge is 2.42. The van der Waals surface area contributed by atoms with Crippen molar-refractivity contribution in [1.82, 2.24) is 4.57 Å². The van der Waals surface area contributed by atoms with Crippen molar-refractivity contribution >= 4 is 5.69 Å². The molecule has 1 aromatic heterocycles. The monoisotopic (exact) mass is 296 g/mol. The summed E-state index contributed by atoms with van der Waals surface area (Å²) in [4.78, 5) is 11.7. The molecular weight excluding hydrogens is 272 g/mol. The maximum atomic E-state index is 11.7. The first kappa shape index (κ1) is 16.0. The van der Waals surface area contributed by atoms with E-state index in [-0.39, 0.29) is 23.8 Å². The van der Waals surface area contributed by atoms with Crippen molar-refractivity contribution in [2.45, 2.75) is 38.1 Å². The Morgan fingerprint density at radius 2 is 2.19 bits per heavy atom. The van der Waals surface area contributed by atoms with Crippen LogP contribution in [0, 0.1) is 0 Å². The smallest absolute Gasteiger partial charge is 0.250 e. The van der Waals surface area contributed by atoms with E-state index in [0.717, 1.165) is 12.1 Å². The van der Waals surface area contributed by atoms with Gasteiger partial charge in [-0.2, -0.15) is 0 Å². The lowest BCUT2D eigenvalue weighted by Gasteiger charge is -2.43. The molecule has 0 radical (unpaired) electrons. The Morgan fingerprint density at radius 1 is 1.38 bits per heavy atom. The van der Waals surface area contributed by atoms with Crippen LogP contribution in [0.4, 0.5) is 5.69 Å². The Bertz CT molecular complexity index is 503. The lowest BCUT2D eigenvalue weighted by Crippen LogP contribution is -2.56. The van der Waals surface area contributed by atoms with E-state index in [1.165, 1.54) is 0 Å². The Labute approximate surface area is 125 Å². The predicted octanol–water partition coefficient (Wildman–Crippen LogP) is 1.10. The summed E-state index contributed by atoms with van der Waals surface area (Å²) in [7, 11) is 3.32. The van der Waals surface area contributed by atoms with Crippen molar-refractivity contribution in [2.24, 2.45) is 0 Å². The number of rotatable bonds is 8. The van der Waals surface area contributed by atoms with Crippen LogP contribution >= 0.6 is 0 Å². The number of hydrogen-bond donors (Lipinski definition) is 1. The molecule has 118 valence electrons. The van der Waals surface area contributed by atoms with Gasteiger partial charge in [0.25, 0.3) is 5.56 Å². The van der Waals surface area contributed by atoms with E-state index in [1.807, 2.05) is 13.1 Å². The summed E-state index contributed by atoms with van der Waals surface area (Å²) >= 11 is 0. The van der Waals surface area contributed by atoms with E-state index in [1.54, 1.807) is 30.9 Å². The lowest BCUT2D eigenvalue weighted by molar-refractivity contribution is -0.118. The molecule has 1 heterocycles. The van der Waals surface area contributed by atoms with Gasteiger partial charge in [0.2, 0.25) is 0 Å². The van der Waals surface area contributed by atoms with Gasteiger partial charge in [0.1, 0.15) is 6.10 Å². The van der Waals surface area contributed by atoms with Gasteiger partial charge in [0.15, 0.2) is 0 Å². The summed E-state index contributed by atoms with van der Waals surface area (Å²) < 4.78 is 17.7. The molecule has 1 saturated carbocycles. The molecule has 0 amide bonds. The molecule has 1 N–H and O–H groups in total. The molecule has 3 atom stereocenters. The topological polar surface area (TPSA) is 61.7 Å². The fraction of sp³-hybridized carbons (Fsp3) is 0.667. The molecule has 6 nitrogen and oxygen atoms in total. The molecule has 0 spiro atoms. The molecule has 1 fully saturated rings. The van der Waals surface area contributed by atoms with Crippen molar-refractivity contribution in [2.75, 3.05) is 32.8 Å². The molecule has 0 saturated heterocycles. The Hall–Kier alpha value is -1.37. The third-order valence-electron chi connectivity index (χ3n) is 3.77. The Morgan fingerprint density at radius 3 is 2.86 bits per heavy atom. The second kappa shape index (κ2) is 7.59. The summed E-state index contributed by atoms with van der Waals surface area (Å²) in [6, 6.07) is 3.57. The second-order valence-electron chi connectivity index (χ2n) is 5.12. The zero-order chi connectivity index (χ0) is 15.2. The van der Waals surface area contributed by atoms with E-state index in [4.69, 9.17) is 14.2 Å². The molecule has 3 unspecified atom stereocenters. The van der Waals surface area contributed by atoms with Gasteiger partial charge in [-0.25, -0.2) is 0 Å². The lowest BCUT2D eigenvalue weighted by atomic mass is 9.85. The maximum Gasteiger partial charge on any atom is 0.250 e. The van der Waals surface area contributed by atoms with Crippen LogP contribution in [0.1, 0.15) is 13.3 Å². The van der Waals surface area contributed by atoms with E-state index < -0.39 is 0 Å². The van der Waals surface area contributed by atoms with Gasteiger partial charge in [0, 0.05) is 39.6 Å². The fourth-order valence-corrected chi connectivity index (χ4v) is 2.61. The van der Waals surface area contributed by atoms with Gasteiger partial charge in [-0.1, -0.05) is 0 Å². The van der Waals surface area contributed by atoms with Crippen LogP contribution in [0.15, 0.2) is 23.1 Å². The minimum absolute atomic E-state index is 0.0262. The number of aromatic nitrogens is 1. The minimum atomic E-state index is -0.0262. The molecule has 1 aliphatic carbocycles. The number of nitrogens with one attached hydrogen (secondary N) is 1. The first-order valence-electron chi connectivity index (χ1n) is 7.30. The first-order chi connectivity index (χ1) is 10.2. The zero-order valence-corrected chi connectivity index (χ0v) is 12.9. The quantitative estimate of drug-likeness (QED) is 0.778. The summed E-state index contributed by atoms with van der Waals surface area (Å²) in [6.07, 6.45) is 2.92. The molecular formula is C15H24N2O4. The van der Waals surface area contributed by atoms with Gasteiger partial charge >= 0.3 is 0 Å². The summed E-state index contributed by atoms with van der Waals surface area (Å²) in [5.41, 5.74) is 0.884. The second-order valence-corrected chi connectivity index (χ2v) is 5.12. The predicted molar refractivity (Wildman–Crippen MR) is 80.8 cm³/mol. The number of hydrogen-bond acceptors (Lipinski definition) is 5. The van der Waals surface area contributed by atoms with Gasteiger partial charge in [-0.15, -0.1) is 0 Å². The standard InChI is InChI=1S/C15H24N2O4/c1-4-21-13-9-12(15(13)20-3)16-11-5-6-14(18)17(10-11)7-8-19-2/h5-6,10,12-13,15-16H,4,7-9H2,1-3H3. The fourth-order valence-electron chi connectivity index (χ4n) is 2.61. The van der Waals surface area contributed by atoms with Crippen LogP contribution < -0.4 is 10.9 Å². The van der Waals surface area contributed by atoms with Crippen molar-refractivity contribution in [3.63, 3.8) is 0 Å². The zero-order valence-electron chi connectivity index (χ0n) is 12.9. The van der Waals surface area contributed by atoms with Gasteiger partial charge in [0.05, 0.1) is 24.4 Å². The van der Waals surface area contributed by atoms with Gasteiger partial charge < -0.3 is 24.1 Å². The molecule has 0 bridgehead atoms. The highest BCUT2D eigenvalue weighted by Crippen LogP contribution is 2.29. The molecule has 6 heteroatoms. The summed E-state index contributed by atoms with van der Waals surface area (Å²) in [6.45, 7) is 3.74. The highest BCUT2D eigenvalue weighted by atomic mass is 16.5. The average Bonchev–Trinajstić information content (AvgIpc) is 2.46. The minimum Gasteiger partial charge on any atom is -0.383 e. The average molecular weight is 296 g/mol. The molecule has 21 heavy (non-hydrogen) atoms. The van der Waals surface area contributed by atoms with Crippen molar-refractivity contribution in [3.05, 3.63) is 28.7 Å². The SMILES string of the molecule is CCOC1CC(Nc2ccc(=O)n(CCOC)c2)C1OC. The third kappa shape index (κ3) is 3.84. The number of anilines is 1. The number of pyridine rings is 1. The van der Waals surface area contributed by atoms with Crippen LogP contribution in [0.5, 0.6) is 0 Å². The third-order valence-corrected chi connectivity index (χ3v) is 3.77. The van der Waals surface area contributed by atoms with E-state index >= 15 is 0 Å². The Kier molecular flexibility index (Phi) is 5.78. The maximum absolute atomic E-state index is 11.7. The molecule has 0 aliphatic heterocycles. The van der Waals surface area contributed by atoms with E-state index in [0.29, 0.717) is 19.8 Å². The van der Waals surface area contributed by atoms with Crippen LogP contribution in [-0.4, -0.2) is 50.3 Å². The van der Waals surface area contributed by atoms with Crippen LogP contribution in [0.25, 0.3) is 0 Å². The van der Waals surface area contributed by atoms with Gasteiger partial charge in [-0.05, 0) is 19.4 Å².